The molecule has 2 bridgehead atoms. The fraction of sp³-hybridized carbons (Fsp3) is 0.789. The quantitative estimate of drug-likeness (QED) is 0.835. The molecule has 144 valence electrons. The van der Waals surface area contributed by atoms with Crippen LogP contribution >= 0.6 is 0 Å². The lowest BCUT2D eigenvalue weighted by Crippen LogP contribution is -2.52. The molecule has 2 amide bonds. The number of fused-ring (bicyclic) bond motifs is 2. The molecule has 3 atom stereocenters. The topological polar surface area (TPSA) is 71.1 Å². The highest BCUT2D eigenvalue weighted by molar-refractivity contribution is 5.71. The monoisotopic (exact) mass is 363 g/mol. The molecule has 4 rings (SSSR count). The second kappa shape index (κ2) is 6.67. The molecule has 3 fully saturated rings. The van der Waals surface area contributed by atoms with Crippen LogP contribution in [0.1, 0.15) is 52.4 Å². The summed E-state index contributed by atoms with van der Waals surface area (Å²) in [6.07, 6.45) is 7.38. The molecule has 4 heterocycles. The van der Waals surface area contributed by atoms with Gasteiger partial charge >= 0.3 is 12.2 Å². The predicted octanol–water partition coefficient (Wildman–Crippen LogP) is 2.62. The Morgan fingerprint density at radius 1 is 1.35 bits per heavy atom. The van der Waals surface area contributed by atoms with E-state index in [4.69, 9.17) is 9.47 Å². The molecule has 3 saturated heterocycles. The first-order chi connectivity index (χ1) is 12.6. The molecule has 0 aromatic carbocycles. The van der Waals surface area contributed by atoms with E-state index in [1.165, 1.54) is 5.70 Å². The van der Waals surface area contributed by atoms with Crippen molar-refractivity contribution in [1.82, 2.24) is 15.1 Å². The van der Waals surface area contributed by atoms with Crippen molar-refractivity contribution in [1.29, 1.82) is 0 Å². The molecule has 4 aliphatic rings. The molecule has 0 radical (unpaired) electrons. The number of carbonyl (C=O) groups is 2. The zero-order valence-electron chi connectivity index (χ0n) is 15.7. The van der Waals surface area contributed by atoms with Gasteiger partial charge in [0.05, 0.1) is 18.7 Å². The maximum atomic E-state index is 12.2. The van der Waals surface area contributed by atoms with Gasteiger partial charge in [-0.25, -0.2) is 9.59 Å². The summed E-state index contributed by atoms with van der Waals surface area (Å²) in [5.41, 5.74) is 1.01. The lowest BCUT2D eigenvalue weighted by atomic mass is 9.83. The number of nitrogens with one attached hydrogen (secondary N) is 1. The van der Waals surface area contributed by atoms with E-state index in [2.05, 4.69) is 23.2 Å². The summed E-state index contributed by atoms with van der Waals surface area (Å²) >= 11 is 0. The second-order valence-electron chi connectivity index (χ2n) is 7.81. The molecule has 0 aromatic heterocycles. The van der Waals surface area contributed by atoms with Gasteiger partial charge in [0.15, 0.2) is 0 Å². The SMILES string of the molecule is CCOC(=O)N1C2C=C(N3CCC4(CC3)OC(=O)NC4CC)CC1CC2. The number of alkyl carbamates (subject to hydrolysis) is 1. The van der Waals surface area contributed by atoms with Crippen molar-refractivity contribution in [2.75, 3.05) is 19.7 Å². The van der Waals surface area contributed by atoms with Gasteiger partial charge in [0, 0.05) is 44.1 Å². The summed E-state index contributed by atoms with van der Waals surface area (Å²) in [4.78, 5) is 28.3. The third kappa shape index (κ3) is 2.81. The Morgan fingerprint density at radius 2 is 2.12 bits per heavy atom. The van der Waals surface area contributed by atoms with Gasteiger partial charge in [0.1, 0.15) is 5.60 Å². The summed E-state index contributed by atoms with van der Waals surface area (Å²) in [7, 11) is 0. The molecule has 1 N–H and O–H groups in total. The highest BCUT2D eigenvalue weighted by Crippen LogP contribution is 2.40. The maximum absolute atomic E-state index is 12.2. The molecule has 4 aliphatic heterocycles. The Labute approximate surface area is 154 Å². The fourth-order valence-electron chi connectivity index (χ4n) is 5.18. The largest absolute Gasteiger partial charge is 0.450 e. The number of amides is 2. The predicted molar refractivity (Wildman–Crippen MR) is 95.6 cm³/mol. The van der Waals surface area contributed by atoms with Crippen molar-refractivity contribution in [2.24, 2.45) is 0 Å². The fourth-order valence-corrected chi connectivity index (χ4v) is 5.18. The van der Waals surface area contributed by atoms with E-state index in [9.17, 15) is 9.59 Å². The van der Waals surface area contributed by atoms with Gasteiger partial charge in [-0.2, -0.15) is 0 Å². The summed E-state index contributed by atoms with van der Waals surface area (Å²) in [6.45, 7) is 6.17. The van der Waals surface area contributed by atoms with Gasteiger partial charge in [-0.15, -0.1) is 0 Å². The normalized spacial score (nSPS) is 32.3. The lowest BCUT2D eigenvalue weighted by molar-refractivity contribution is -0.0141. The zero-order valence-corrected chi connectivity index (χ0v) is 15.7. The number of likely N-dealkylation sites (tertiary alicyclic amines) is 1. The smallest absolute Gasteiger partial charge is 0.410 e. The standard InChI is InChI=1S/C19H29N3O4/c1-3-16-19(26-17(23)20-16)7-9-21(10-8-19)15-11-13-5-6-14(12-15)22(13)18(24)25-4-2/h11,13-14,16H,3-10,12H2,1-2H3,(H,20,23). The van der Waals surface area contributed by atoms with Crippen LogP contribution < -0.4 is 5.32 Å². The van der Waals surface area contributed by atoms with Crippen LogP contribution in [0.15, 0.2) is 11.8 Å². The average molecular weight is 363 g/mol. The van der Waals surface area contributed by atoms with Gasteiger partial charge in [0.25, 0.3) is 0 Å². The van der Waals surface area contributed by atoms with Gasteiger partial charge in [-0.05, 0) is 32.3 Å². The Kier molecular flexibility index (Phi) is 4.49. The number of carbonyl (C=O) groups excluding carboxylic acids is 2. The third-order valence-corrected chi connectivity index (χ3v) is 6.50. The van der Waals surface area contributed by atoms with E-state index in [0.29, 0.717) is 6.61 Å². The van der Waals surface area contributed by atoms with E-state index < -0.39 is 0 Å². The van der Waals surface area contributed by atoms with Crippen LogP contribution in [0, 0.1) is 0 Å². The summed E-state index contributed by atoms with van der Waals surface area (Å²) < 4.78 is 10.9. The zero-order chi connectivity index (χ0) is 18.3. The number of ether oxygens (including phenoxy) is 2. The minimum atomic E-state index is -0.340. The van der Waals surface area contributed by atoms with E-state index in [1.54, 1.807) is 0 Å². The Bertz CT molecular complexity index is 612. The molecule has 0 aliphatic carbocycles. The van der Waals surface area contributed by atoms with Crippen molar-refractivity contribution in [2.45, 2.75) is 76.1 Å². The summed E-state index contributed by atoms with van der Waals surface area (Å²) in [5.74, 6) is 0. The molecule has 26 heavy (non-hydrogen) atoms. The highest BCUT2D eigenvalue weighted by Gasteiger charge is 2.50. The van der Waals surface area contributed by atoms with Gasteiger partial charge in [-0.1, -0.05) is 6.92 Å². The minimum absolute atomic E-state index is 0.118. The summed E-state index contributed by atoms with van der Waals surface area (Å²) in [5, 5.41) is 2.96. The van der Waals surface area contributed by atoms with E-state index in [1.807, 2.05) is 11.8 Å². The Morgan fingerprint density at radius 3 is 2.77 bits per heavy atom. The first-order valence-electron chi connectivity index (χ1n) is 9.96. The lowest BCUT2D eigenvalue weighted by Gasteiger charge is -2.44. The molecule has 0 aromatic rings. The first kappa shape index (κ1) is 17.5. The van der Waals surface area contributed by atoms with Crippen LogP contribution in [0.3, 0.4) is 0 Å². The molecule has 7 nitrogen and oxygen atoms in total. The van der Waals surface area contributed by atoms with Gasteiger partial charge < -0.3 is 19.7 Å². The molecule has 1 spiro atoms. The van der Waals surface area contributed by atoms with Crippen LogP contribution in [-0.2, 0) is 9.47 Å². The highest BCUT2D eigenvalue weighted by atomic mass is 16.6. The third-order valence-electron chi connectivity index (χ3n) is 6.50. The van der Waals surface area contributed by atoms with E-state index in [-0.39, 0.29) is 35.9 Å². The van der Waals surface area contributed by atoms with Crippen molar-refractivity contribution in [3.8, 4) is 0 Å². The average Bonchev–Trinajstić information content (AvgIpc) is 3.08. The number of piperidine rings is 1. The number of hydrogen-bond donors (Lipinski definition) is 1. The molecular formula is C19H29N3O4. The number of hydrogen-bond acceptors (Lipinski definition) is 5. The molecule has 7 heteroatoms. The van der Waals surface area contributed by atoms with E-state index in [0.717, 1.165) is 51.6 Å². The van der Waals surface area contributed by atoms with Crippen molar-refractivity contribution >= 4 is 12.2 Å². The molecular weight excluding hydrogens is 334 g/mol. The van der Waals surface area contributed by atoms with Crippen molar-refractivity contribution in [3.63, 3.8) is 0 Å². The Balaban J connectivity index is 1.42. The van der Waals surface area contributed by atoms with Crippen LogP contribution in [0.4, 0.5) is 9.59 Å². The number of rotatable bonds is 3. The van der Waals surface area contributed by atoms with Gasteiger partial charge in [-0.3, -0.25) is 4.90 Å². The maximum Gasteiger partial charge on any atom is 0.410 e. The van der Waals surface area contributed by atoms with Crippen molar-refractivity contribution in [3.05, 3.63) is 11.8 Å². The van der Waals surface area contributed by atoms with Crippen LogP contribution in [0.25, 0.3) is 0 Å². The second-order valence-corrected chi connectivity index (χ2v) is 7.81. The van der Waals surface area contributed by atoms with Crippen LogP contribution in [0.2, 0.25) is 0 Å². The van der Waals surface area contributed by atoms with Crippen molar-refractivity contribution < 1.29 is 19.1 Å². The van der Waals surface area contributed by atoms with Crippen LogP contribution in [0.5, 0.6) is 0 Å². The van der Waals surface area contributed by atoms with Crippen LogP contribution in [-0.4, -0.2) is 65.4 Å². The van der Waals surface area contributed by atoms with E-state index >= 15 is 0 Å². The molecule has 0 saturated carbocycles. The molecule has 3 unspecified atom stereocenters. The summed E-state index contributed by atoms with van der Waals surface area (Å²) in [6, 6.07) is 0.533. The Hall–Kier alpha value is -1.92. The minimum Gasteiger partial charge on any atom is -0.450 e. The first-order valence-corrected chi connectivity index (χ1v) is 9.96. The van der Waals surface area contributed by atoms with Gasteiger partial charge in [0.2, 0.25) is 0 Å². The number of nitrogens with zero attached hydrogens (tertiary/aromatic N) is 2.